The van der Waals surface area contributed by atoms with Crippen LogP contribution >= 0.6 is 0 Å². The first kappa shape index (κ1) is 29.6. The van der Waals surface area contributed by atoms with Gasteiger partial charge in [0.1, 0.15) is 11.5 Å². The maximum atomic E-state index is 9.41. The van der Waals surface area contributed by atoms with Crippen molar-refractivity contribution in [2.24, 2.45) is 5.41 Å². The van der Waals surface area contributed by atoms with Crippen molar-refractivity contribution in [2.75, 3.05) is 7.11 Å². The molecule has 0 fully saturated rings. The topological polar surface area (TPSA) is 29.5 Å². The Bertz CT molecular complexity index is 1120. The number of benzene rings is 3. The molecule has 0 bridgehead atoms. The summed E-state index contributed by atoms with van der Waals surface area (Å²) in [6, 6.07) is 26.3. The van der Waals surface area contributed by atoms with Gasteiger partial charge in [0.2, 0.25) is 0 Å². The van der Waals surface area contributed by atoms with E-state index in [0.717, 1.165) is 12.0 Å². The van der Waals surface area contributed by atoms with Crippen molar-refractivity contribution in [1.82, 2.24) is 0 Å². The minimum absolute atomic E-state index is 0.0338. The van der Waals surface area contributed by atoms with Crippen LogP contribution in [0.25, 0.3) is 0 Å². The molecular weight excluding hydrogens is 476 g/mol. The fourth-order valence-electron chi connectivity index (χ4n) is 3.43. The Morgan fingerprint density at radius 2 is 1.33 bits per heavy atom. The van der Waals surface area contributed by atoms with Crippen LogP contribution < -0.4 is 4.74 Å². The van der Waals surface area contributed by atoms with Gasteiger partial charge >= 0.3 is 95.6 Å². The summed E-state index contributed by atoms with van der Waals surface area (Å²) in [5.41, 5.74) is 5.34. The first-order valence-electron chi connectivity index (χ1n) is 12.3. The van der Waals surface area contributed by atoms with Crippen LogP contribution in [0.4, 0.5) is 0 Å². The molecule has 0 heterocycles. The number of phenolic OH excluding ortho intramolecular Hbond substituents is 1. The van der Waals surface area contributed by atoms with Crippen molar-refractivity contribution >= 4 is 3.81 Å². The molecule has 1 N–H and O–H groups in total. The first-order valence-corrected chi connectivity index (χ1v) is 13.1. The SMILES string of the molecule is CC(C)(C)C1=[C-]CC=C1.COc1cc(O)cc(C(C)(C)C)c1.[Ti+]=[C](c1ccccc1)c1ccccc1. The zero-order valence-electron chi connectivity index (χ0n) is 22.7. The van der Waals surface area contributed by atoms with Gasteiger partial charge < -0.3 is 9.84 Å². The van der Waals surface area contributed by atoms with Crippen molar-refractivity contribution in [3.05, 3.63) is 119 Å². The molecule has 0 radical (unpaired) electrons. The molecular formula is C33H39O2Ti. The summed E-state index contributed by atoms with van der Waals surface area (Å²) >= 11 is 2.16. The minimum atomic E-state index is 0.0338. The molecule has 3 aromatic carbocycles. The Hall–Kier alpha value is -2.68. The van der Waals surface area contributed by atoms with Crippen LogP contribution in [0.1, 0.15) is 64.7 Å². The molecule has 0 unspecified atom stereocenters. The molecule has 1 aliphatic carbocycles. The second-order valence-electron chi connectivity index (χ2n) is 10.7. The molecule has 187 valence electrons. The Balaban J connectivity index is 0.000000195. The summed E-state index contributed by atoms with van der Waals surface area (Å²) in [6.45, 7) is 12.9. The van der Waals surface area contributed by atoms with Gasteiger partial charge in [0.15, 0.2) is 0 Å². The third-order valence-corrected chi connectivity index (χ3v) is 6.52. The molecule has 0 saturated heterocycles. The zero-order chi connectivity index (χ0) is 26.8. The van der Waals surface area contributed by atoms with Gasteiger partial charge in [-0.25, -0.2) is 11.6 Å². The second kappa shape index (κ2) is 13.6. The fourth-order valence-corrected chi connectivity index (χ4v) is 3.95. The number of allylic oxidation sites excluding steroid dienone is 4. The Kier molecular flexibility index (Phi) is 11.1. The Labute approximate surface area is 229 Å². The van der Waals surface area contributed by atoms with E-state index in [0.29, 0.717) is 11.2 Å². The van der Waals surface area contributed by atoms with E-state index in [-0.39, 0.29) is 11.2 Å². The second-order valence-corrected chi connectivity index (χ2v) is 11.5. The number of phenols is 1. The molecule has 4 rings (SSSR count). The number of methoxy groups -OCH3 is 1. The molecule has 3 heteroatoms. The maximum absolute atomic E-state index is 9.41. The third kappa shape index (κ3) is 9.76. The molecule has 1 aliphatic rings. The van der Waals surface area contributed by atoms with Crippen LogP contribution in [0.15, 0.2) is 96.6 Å². The average Bonchev–Trinajstić information content (AvgIpc) is 3.41. The van der Waals surface area contributed by atoms with Crippen molar-refractivity contribution < 1.29 is 29.8 Å². The van der Waals surface area contributed by atoms with Crippen LogP contribution in [0, 0.1) is 11.5 Å². The number of hydrogen-bond donors (Lipinski definition) is 1. The Morgan fingerprint density at radius 1 is 0.806 bits per heavy atom. The van der Waals surface area contributed by atoms with Crippen molar-refractivity contribution in [2.45, 2.75) is 53.4 Å². The van der Waals surface area contributed by atoms with E-state index >= 15 is 0 Å². The molecule has 0 aliphatic heterocycles. The normalized spacial score (nSPS) is 12.5. The van der Waals surface area contributed by atoms with Gasteiger partial charge in [0.25, 0.3) is 0 Å². The summed E-state index contributed by atoms with van der Waals surface area (Å²) in [5.74, 6) is 0.953. The number of ether oxygens (including phenoxy) is 1. The average molecular weight is 516 g/mol. The van der Waals surface area contributed by atoms with E-state index < -0.39 is 0 Å². The summed E-state index contributed by atoms with van der Waals surface area (Å²) in [4.78, 5) is 0. The van der Waals surface area contributed by atoms with Gasteiger partial charge in [-0.3, -0.25) is 6.08 Å². The third-order valence-electron chi connectivity index (χ3n) is 5.62. The van der Waals surface area contributed by atoms with Crippen molar-refractivity contribution in [1.29, 1.82) is 0 Å². The standard InChI is InChI=1S/C13H10.C11H16O2.C9H13.Ti/c1-3-7-12(8-4-1)11-13-9-5-2-6-10-13;1-11(2,3)8-5-9(12)7-10(6-8)13-4;1-9(2,3)8-6-4-5-7-8;/h1-10H;5-7,12H,1-4H3;4,6H,5H2,1-3H3;/q;;-1;+1. The molecule has 0 atom stereocenters. The number of hydrogen-bond acceptors (Lipinski definition) is 2. The van der Waals surface area contributed by atoms with Crippen molar-refractivity contribution in [3.8, 4) is 11.5 Å². The molecule has 0 amide bonds. The van der Waals surface area contributed by atoms with E-state index in [2.05, 4.69) is 128 Å². The van der Waals surface area contributed by atoms with Gasteiger partial charge in [-0.1, -0.05) is 41.5 Å². The fraction of sp³-hybridized carbons (Fsp3) is 0.303. The summed E-state index contributed by atoms with van der Waals surface area (Å²) < 4.78 is 6.40. The van der Waals surface area contributed by atoms with Crippen LogP contribution in [-0.2, 0) is 25.4 Å². The van der Waals surface area contributed by atoms with Crippen LogP contribution in [0.2, 0.25) is 0 Å². The summed E-state index contributed by atoms with van der Waals surface area (Å²) in [7, 11) is 1.60. The van der Waals surface area contributed by atoms with Gasteiger partial charge in [-0.15, -0.1) is 6.42 Å². The first-order chi connectivity index (χ1) is 16.9. The van der Waals surface area contributed by atoms with E-state index in [1.165, 1.54) is 20.5 Å². The zero-order valence-corrected chi connectivity index (χ0v) is 24.3. The van der Waals surface area contributed by atoms with E-state index in [4.69, 9.17) is 4.74 Å². The molecule has 0 saturated carbocycles. The molecule has 36 heavy (non-hydrogen) atoms. The molecule has 0 spiro atoms. The van der Waals surface area contributed by atoms with Gasteiger partial charge in [-0.05, 0) is 28.5 Å². The monoisotopic (exact) mass is 515 g/mol. The van der Waals surface area contributed by atoms with Gasteiger partial charge in [0.05, 0.1) is 7.11 Å². The molecule has 3 aromatic rings. The quantitative estimate of drug-likeness (QED) is 0.281. The van der Waals surface area contributed by atoms with Crippen LogP contribution in [0.3, 0.4) is 0 Å². The molecule has 2 nitrogen and oxygen atoms in total. The van der Waals surface area contributed by atoms with Crippen LogP contribution in [-0.4, -0.2) is 16.0 Å². The molecule has 0 aromatic heterocycles. The van der Waals surface area contributed by atoms with E-state index in [1.54, 1.807) is 19.2 Å². The van der Waals surface area contributed by atoms with E-state index in [1.807, 2.05) is 18.2 Å². The van der Waals surface area contributed by atoms with E-state index in [9.17, 15) is 5.11 Å². The number of rotatable bonds is 3. The Morgan fingerprint density at radius 3 is 1.69 bits per heavy atom. The van der Waals surface area contributed by atoms with Gasteiger partial charge in [0, 0.05) is 6.07 Å². The summed E-state index contributed by atoms with van der Waals surface area (Å²) in [5, 5.41) is 9.41. The summed E-state index contributed by atoms with van der Waals surface area (Å²) in [6.07, 6.45) is 8.63. The predicted octanol–water partition coefficient (Wildman–Crippen LogP) is 8.22. The van der Waals surface area contributed by atoms with Crippen LogP contribution in [0.5, 0.6) is 11.5 Å². The van der Waals surface area contributed by atoms with Crippen molar-refractivity contribution in [3.63, 3.8) is 0 Å². The number of aromatic hydroxyl groups is 1. The predicted molar refractivity (Wildman–Crippen MR) is 149 cm³/mol. The van der Waals surface area contributed by atoms with Gasteiger partial charge in [-0.2, -0.15) is 6.08 Å².